The maximum atomic E-state index is 12.7. The number of nitrogens with one attached hydrogen (secondary N) is 2. The average Bonchev–Trinajstić information content (AvgIpc) is 3.33. The fourth-order valence-corrected chi connectivity index (χ4v) is 4.77. The van der Waals surface area contributed by atoms with Crippen molar-refractivity contribution in [2.24, 2.45) is 0 Å². The average molecular weight is 443 g/mol. The molecule has 5 rings (SSSR count). The number of imide groups is 1. The molecule has 2 fully saturated rings. The Hall–Kier alpha value is -3.38. The van der Waals surface area contributed by atoms with Crippen molar-refractivity contribution >= 4 is 34.8 Å². The molecule has 2 amide bonds. The molecule has 2 aromatic rings. The van der Waals surface area contributed by atoms with Gasteiger partial charge in [-0.2, -0.15) is 0 Å². The Labute approximate surface area is 195 Å². The predicted octanol–water partition coefficient (Wildman–Crippen LogP) is 4.12. The van der Waals surface area contributed by atoms with E-state index in [1.165, 1.54) is 24.1 Å². The number of carbonyl (C=O) groups is 2. The minimum atomic E-state index is -0.375. The Morgan fingerprint density at radius 1 is 0.879 bits per heavy atom. The van der Waals surface area contributed by atoms with Crippen molar-refractivity contribution in [1.29, 1.82) is 0 Å². The molecule has 0 bridgehead atoms. The highest BCUT2D eigenvalue weighted by molar-refractivity contribution is 6.31. The molecule has 2 N–H and O–H groups in total. The van der Waals surface area contributed by atoms with Gasteiger partial charge in [0.15, 0.2) is 0 Å². The lowest BCUT2D eigenvalue weighted by Crippen LogP contribution is -2.44. The number of carbonyl (C=O) groups excluding carboxylic acids is 2. The van der Waals surface area contributed by atoms with Crippen LogP contribution in [0.25, 0.3) is 11.6 Å². The first-order valence-corrected chi connectivity index (χ1v) is 11.8. The van der Waals surface area contributed by atoms with E-state index in [0.29, 0.717) is 16.7 Å². The van der Waals surface area contributed by atoms with Crippen LogP contribution < -0.4 is 15.5 Å². The largest absolute Gasteiger partial charge is 0.369 e. The van der Waals surface area contributed by atoms with Crippen LogP contribution in [0.15, 0.2) is 54.2 Å². The van der Waals surface area contributed by atoms with E-state index >= 15 is 0 Å². The normalized spacial score (nSPS) is 20.1. The first-order valence-electron chi connectivity index (χ1n) is 11.8. The fraction of sp³-hybridized carbons (Fsp3) is 0.333. The summed E-state index contributed by atoms with van der Waals surface area (Å²) in [4.78, 5) is 29.8. The van der Waals surface area contributed by atoms with Gasteiger partial charge in [0.25, 0.3) is 11.8 Å². The zero-order valence-corrected chi connectivity index (χ0v) is 19.1. The summed E-state index contributed by atoms with van der Waals surface area (Å²) in [5.41, 5.74) is 6.26. The molecule has 6 heteroatoms. The van der Waals surface area contributed by atoms with Gasteiger partial charge in [0.1, 0.15) is 0 Å². The number of hydrogen-bond acceptors (Lipinski definition) is 5. The van der Waals surface area contributed by atoms with E-state index in [-0.39, 0.29) is 11.8 Å². The predicted molar refractivity (Wildman–Crippen MR) is 133 cm³/mol. The van der Waals surface area contributed by atoms with Crippen LogP contribution in [0.1, 0.15) is 47.2 Å². The van der Waals surface area contributed by atoms with E-state index in [2.05, 4.69) is 45.7 Å². The van der Waals surface area contributed by atoms with Crippen LogP contribution in [0.2, 0.25) is 0 Å². The summed E-state index contributed by atoms with van der Waals surface area (Å²) < 4.78 is 0. The third kappa shape index (κ3) is 4.71. The van der Waals surface area contributed by atoms with Gasteiger partial charge < -0.3 is 15.1 Å². The molecule has 1 aliphatic carbocycles. The third-order valence-electron chi connectivity index (χ3n) is 6.79. The van der Waals surface area contributed by atoms with Crippen LogP contribution >= 0.6 is 0 Å². The minimum Gasteiger partial charge on any atom is -0.369 e. The van der Waals surface area contributed by atoms with Crippen molar-refractivity contribution in [3.8, 4) is 0 Å². The molecule has 33 heavy (non-hydrogen) atoms. The zero-order valence-electron chi connectivity index (χ0n) is 19.1. The van der Waals surface area contributed by atoms with Gasteiger partial charge in [-0.05, 0) is 74.7 Å². The lowest BCUT2D eigenvalue weighted by Gasteiger charge is -2.34. The van der Waals surface area contributed by atoms with Crippen molar-refractivity contribution in [2.45, 2.75) is 25.7 Å². The number of nitrogens with zero attached hydrogens (tertiary/aromatic N) is 2. The number of hydrogen-bond donors (Lipinski definition) is 2. The lowest BCUT2D eigenvalue weighted by molar-refractivity contribution is -0.114. The number of piperazine rings is 1. The molecule has 0 aromatic heterocycles. The molecule has 0 radical (unpaired) electrons. The summed E-state index contributed by atoms with van der Waals surface area (Å²) in [7, 11) is 2.15. The Kier molecular flexibility index (Phi) is 6.01. The summed E-state index contributed by atoms with van der Waals surface area (Å²) in [6.07, 6.45) is 8.64. The van der Waals surface area contributed by atoms with Crippen molar-refractivity contribution in [2.75, 3.05) is 43.4 Å². The smallest absolute Gasteiger partial charge is 0.260 e. The van der Waals surface area contributed by atoms with Gasteiger partial charge in [-0.25, -0.2) is 0 Å². The highest BCUT2D eigenvalue weighted by Crippen LogP contribution is 2.30. The molecule has 0 spiro atoms. The Balaban J connectivity index is 1.37. The van der Waals surface area contributed by atoms with Crippen LogP contribution in [0.3, 0.4) is 0 Å². The molecular weight excluding hydrogens is 412 g/mol. The molecule has 0 atom stereocenters. The first kappa shape index (κ1) is 21.5. The Morgan fingerprint density at radius 2 is 1.61 bits per heavy atom. The van der Waals surface area contributed by atoms with Gasteiger partial charge in [0.2, 0.25) is 0 Å². The van der Waals surface area contributed by atoms with Crippen molar-refractivity contribution in [3.05, 3.63) is 70.9 Å². The maximum absolute atomic E-state index is 12.7. The monoisotopic (exact) mass is 442 g/mol. The SMILES string of the molecule is CN1CCN(c2ccc(NC=C3C(=O)NC(=O)c4ccc(C=C5CCCC5)cc43)cc2)CC1. The number of amides is 2. The third-order valence-corrected chi connectivity index (χ3v) is 6.79. The molecule has 170 valence electrons. The van der Waals surface area contributed by atoms with E-state index in [4.69, 9.17) is 0 Å². The molecule has 1 saturated heterocycles. The quantitative estimate of drug-likeness (QED) is 0.551. The molecule has 1 saturated carbocycles. The molecule has 3 aliphatic rings. The van der Waals surface area contributed by atoms with Gasteiger partial charge in [-0.3, -0.25) is 14.9 Å². The van der Waals surface area contributed by atoms with Crippen molar-refractivity contribution in [3.63, 3.8) is 0 Å². The zero-order chi connectivity index (χ0) is 22.8. The minimum absolute atomic E-state index is 0.344. The maximum Gasteiger partial charge on any atom is 0.260 e. The highest BCUT2D eigenvalue weighted by Gasteiger charge is 2.27. The van der Waals surface area contributed by atoms with Crippen LogP contribution in [0, 0.1) is 0 Å². The first-order chi connectivity index (χ1) is 16.1. The molecule has 2 heterocycles. The second-order valence-corrected chi connectivity index (χ2v) is 9.14. The van der Waals surface area contributed by atoms with E-state index in [1.54, 1.807) is 6.20 Å². The highest BCUT2D eigenvalue weighted by atomic mass is 16.2. The van der Waals surface area contributed by atoms with E-state index in [1.807, 2.05) is 30.3 Å². The molecular formula is C27H30N4O2. The Morgan fingerprint density at radius 3 is 2.33 bits per heavy atom. The van der Waals surface area contributed by atoms with Crippen molar-refractivity contribution in [1.82, 2.24) is 10.2 Å². The second kappa shape index (κ2) is 9.24. The van der Waals surface area contributed by atoms with E-state index in [0.717, 1.165) is 50.3 Å². The summed E-state index contributed by atoms with van der Waals surface area (Å²) >= 11 is 0. The van der Waals surface area contributed by atoms with Gasteiger partial charge in [0, 0.05) is 54.9 Å². The van der Waals surface area contributed by atoms with Crippen molar-refractivity contribution < 1.29 is 9.59 Å². The number of anilines is 2. The lowest BCUT2D eigenvalue weighted by atomic mass is 9.93. The summed E-state index contributed by atoms with van der Waals surface area (Å²) in [6, 6.07) is 14.0. The van der Waals surface area contributed by atoms with Crippen LogP contribution in [0.4, 0.5) is 11.4 Å². The van der Waals surface area contributed by atoms with Crippen LogP contribution in [-0.4, -0.2) is 49.9 Å². The summed E-state index contributed by atoms with van der Waals surface area (Å²) in [5.74, 6) is -0.719. The molecule has 0 unspecified atom stereocenters. The van der Waals surface area contributed by atoms with Gasteiger partial charge in [-0.1, -0.05) is 17.7 Å². The number of benzene rings is 2. The van der Waals surface area contributed by atoms with E-state index < -0.39 is 0 Å². The number of rotatable bonds is 4. The van der Waals surface area contributed by atoms with Crippen LogP contribution in [-0.2, 0) is 4.79 Å². The number of fused-ring (bicyclic) bond motifs is 1. The fourth-order valence-electron chi connectivity index (χ4n) is 4.77. The topological polar surface area (TPSA) is 64.7 Å². The molecule has 2 aromatic carbocycles. The van der Waals surface area contributed by atoms with Gasteiger partial charge in [0.05, 0.1) is 5.57 Å². The van der Waals surface area contributed by atoms with Gasteiger partial charge >= 0.3 is 0 Å². The summed E-state index contributed by atoms with van der Waals surface area (Å²) in [5, 5.41) is 5.71. The molecule has 6 nitrogen and oxygen atoms in total. The molecule has 2 aliphatic heterocycles. The Bertz CT molecular complexity index is 1120. The standard InChI is InChI=1S/C27H30N4O2/c1-30-12-14-31(15-13-30)22-9-7-21(8-10-22)28-18-25-24-17-20(16-19-4-2-3-5-19)6-11-23(24)26(32)29-27(25)33/h6-11,16-18,28H,2-5,12-15H2,1H3,(H,29,32,33). The summed E-state index contributed by atoms with van der Waals surface area (Å²) in [6.45, 7) is 4.18. The number of likely N-dealkylation sites (N-methyl/N-ethyl adjacent to an activating group) is 1. The van der Waals surface area contributed by atoms with Crippen LogP contribution in [0.5, 0.6) is 0 Å². The number of allylic oxidation sites excluding steroid dienone is 1. The van der Waals surface area contributed by atoms with E-state index in [9.17, 15) is 9.59 Å². The van der Waals surface area contributed by atoms with Gasteiger partial charge in [-0.15, -0.1) is 0 Å². The second-order valence-electron chi connectivity index (χ2n) is 9.14.